The summed E-state index contributed by atoms with van der Waals surface area (Å²) in [7, 11) is 0. The Morgan fingerprint density at radius 2 is 2.15 bits per heavy atom. The van der Waals surface area contributed by atoms with Crippen LogP contribution in [0.25, 0.3) is 17.2 Å². The Labute approximate surface area is 199 Å². The molecule has 0 spiro atoms. The standard InChI is InChI=1S/C28H29FN2O3/c1-2-33-28(32)31-24-9-10-25-21(16-24)14-19-12-13-34-27(19)26(25)11-8-23-7-6-20(17-30-23)18-4-3-5-22(29)15-18/h3-8,11-13,15,17,21,24-26H,2,9-10,14,16H2,1H3,(H,31,32)/b11-8+/t21-,24-,25-,26+/m1/s1. The molecule has 5 rings (SSSR count). The van der Waals surface area contributed by atoms with Crippen LogP contribution in [0.2, 0.25) is 0 Å². The number of halogens is 1. The molecule has 0 unspecified atom stereocenters. The van der Waals surface area contributed by atoms with Gasteiger partial charge in [-0.1, -0.05) is 24.3 Å². The van der Waals surface area contributed by atoms with E-state index in [1.807, 2.05) is 25.1 Å². The molecule has 176 valence electrons. The van der Waals surface area contributed by atoms with Crippen LogP contribution in [0.4, 0.5) is 9.18 Å². The second-order valence-corrected chi connectivity index (χ2v) is 9.18. The number of hydrogen-bond donors (Lipinski definition) is 1. The van der Waals surface area contributed by atoms with E-state index >= 15 is 0 Å². The second kappa shape index (κ2) is 9.84. The van der Waals surface area contributed by atoms with E-state index in [4.69, 9.17) is 9.15 Å². The lowest BCUT2D eigenvalue weighted by atomic mass is 9.64. The number of benzene rings is 1. The van der Waals surface area contributed by atoms with Gasteiger partial charge in [-0.15, -0.1) is 0 Å². The maximum atomic E-state index is 13.5. The third kappa shape index (κ3) is 4.76. The number of nitrogens with one attached hydrogen (secondary N) is 1. The van der Waals surface area contributed by atoms with Crippen molar-refractivity contribution in [2.45, 2.75) is 44.6 Å². The molecule has 0 bridgehead atoms. The van der Waals surface area contributed by atoms with Gasteiger partial charge in [0.15, 0.2) is 0 Å². The Kier molecular flexibility index (Phi) is 6.48. The second-order valence-electron chi connectivity index (χ2n) is 9.18. The van der Waals surface area contributed by atoms with Crippen molar-refractivity contribution in [1.29, 1.82) is 0 Å². The van der Waals surface area contributed by atoms with Gasteiger partial charge in [-0.3, -0.25) is 4.98 Å². The summed E-state index contributed by atoms with van der Waals surface area (Å²) in [6.07, 6.45) is 11.4. The molecule has 1 saturated carbocycles. The molecule has 5 nitrogen and oxygen atoms in total. The first kappa shape index (κ1) is 22.4. The molecule has 1 amide bonds. The number of fused-ring (bicyclic) bond motifs is 2. The van der Waals surface area contributed by atoms with Crippen molar-refractivity contribution in [1.82, 2.24) is 10.3 Å². The zero-order chi connectivity index (χ0) is 23.5. The Hall–Kier alpha value is -3.41. The van der Waals surface area contributed by atoms with Gasteiger partial charge in [-0.25, -0.2) is 9.18 Å². The normalized spacial score (nSPS) is 23.8. The van der Waals surface area contributed by atoms with Crippen LogP contribution in [0.15, 0.2) is 65.4 Å². The van der Waals surface area contributed by atoms with E-state index in [0.717, 1.165) is 48.3 Å². The summed E-state index contributed by atoms with van der Waals surface area (Å²) in [4.78, 5) is 16.5. The number of alkyl carbamates (subject to hydrolysis) is 1. The number of hydrogen-bond acceptors (Lipinski definition) is 4. The van der Waals surface area contributed by atoms with E-state index in [1.165, 1.54) is 17.7 Å². The number of pyridine rings is 1. The van der Waals surface area contributed by atoms with Gasteiger partial charge in [-0.05, 0) is 85.9 Å². The van der Waals surface area contributed by atoms with Gasteiger partial charge < -0.3 is 14.5 Å². The molecule has 2 heterocycles. The quantitative estimate of drug-likeness (QED) is 0.481. The summed E-state index contributed by atoms with van der Waals surface area (Å²) >= 11 is 0. The van der Waals surface area contributed by atoms with Crippen molar-refractivity contribution in [3.05, 3.63) is 83.8 Å². The molecule has 1 fully saturated rings. The van der Waals surface area contributed by atoms with E-state index < -0.39 is 0 Å². The number of aromatic nitrogens is 1. The van der Waals surface area contributed by atoms with Crippen LogP contribution in [0, 0.1) is 17.7 Å². The smallest absolute Gasteiger partial charge is 0.407 e. The third-order valence-corrected chi connectivity index (χ3v) is 7.08. The number of ether oxygens (including phenoxy) is 1. The Bertz CT molecular complexity index is 1170. The average molecular weight is 461 g/mol. The summed E-state index contributed by atoms with van der Waals surface area (Å²) in [5, 5.41) is 3.03. The largest absolute Gasteiger partial charge is 0.468 e. The van der Waals surface area contributed by atoms with Gasteiger partial charge >= 0.3 is 6.09 Å². The summed E-state index contributed by atoms with van der Waals surface area (Å²) in [6.45, 7) is 2.20. The van der Waals surface area contributed by atoms with Crippen LogP contribution < -0.4 is 5.32 Å². The molecule has 6 heteroatoms. The molecule has 3 aromatic rings. The lowest BCUT2D eigenvalue weighted by Gasteiger charge is -2.42. The predicted molar refractivity (Wildman–Crippen MR) is 129 cm³/mol. The minimum atomic E-state index is -0.324. The molecular formula is C28H29FN2O3. The highest BCUT2D eigenvalue weighted by molar-refractivity contribution is 5.67. The number of furan rings is 1. The number of carbonyl (C=O) groups excluding carboxylic acids is 1. The van der Waals surface area contributed by atoms with Gasteiger partial charge in [0, 0.05) is 23.7 Å². The van der Waals surface area contributed by atoms with Gasteiger partial charge in [0.1, 0.15) is 11.6 Å². The predicted octanol–water partition coefficient (Wildman–Crippen LogP) is 6.36. The number of carbonyl (C=O) groups is 1. The first-order valence-electron chi connectivity index (χ1n) is 12.0. The van der Waals surface area contributed by atoms with E-state index in [0.29, 0.717) is 18.4 Å². The highest BCUT2D eigenvalue weighted by atomic mass is 19.1. The van der Waals surface area contributed by atoms with Gasteiger partial charge in [-0.2, -0.15) is 0 Å². The molecule has 1 aromatic carbocycles. The number of allylic oxidation sites excluding steroid dienone is 1. The molecule has 34 heavy (non-hydrogen) atoms. The lowest BCUT2D eigenvalue weighted by Crippen LogP contribution is -2.43. The minimum absolute atomic E-state index is 0.149. The molecular weight excluding hydrogens is 431 g/mol. The first-order valence-corrected chi connectivity index (χ1v) is 12.0. The number of rotatable bonds is 5. The van der Waals surface area contributed by atoms with E-state index in [1.54, 1.807) is 18.5 Å². The van der Waals surface area contributed by atoms with Crippen LogP contribution in [0.1, 0.15) is 49.1 Å². The average Bonchev–Trinajstić information content (AvgIpc) is 3.30. The topological polar surface area (TPSA) is 64.4 Å². The summed E-state index contributed by atoms with van der Waals surface area (Å²) in [6, 6.07) is 12.7. The zero-order valence-corrected chi connectivity index (χ0v) is 19.2. The molecule has 2 aliphatic carbocycles. The first-order chi connectivity index (χ1) is 16.6. The monoisotopic (exact) mass is 460 g/mol. The fraction of sp³-hybridized carbons (Fsp3) is 0.357. The van der Waals surface area contributed by atoms with Crippen LogP contribution in [0.5, 0.6) is 0 Å². The molecule has 0 radical (unpaired) electrons. The molecule has 2 aliphatic rings. The van der Waals surface area contributed by atoms with Crippen molar-refractivity contribution >= 4 is 12.2 Å². The molecule has 1 N–H and O–H groups in total. The molecule has 0 saturated heterocycles. The fourth-order valence-corrected chi connectivity index (χ4v) is 5.53. The van der Waals surface area contributed by atoms with Crippen LogP contribution >= 0.6 is 0 Å². The molecule has 2 aromatic heterocycles. The van der Waals surface area contributed by atoms with Crippen molar-refractivity contribution in [3.8, 4) is 11.1 Å². The highest BCUT2D eigenvalue weighted by Crippen LogP contribution is 2.48. The molecule has 4 atom stereocenters. The Morgan fingerprint density at radius 3 is 2.94 bits per heavy atom. The van der Waals surface area contributed by atoms with E-state index in [-0.39, 0.29) is 23.9 Å². The lowest BCUT2D eigenvalue weighted by molar-refractivity contribution is 0.126. The maximum Gasteiger partial charge on any atom is 0.407 e. The van der Waals surface area contributed by atoms with E-state index in [2.05, 4.69) is 28.5 Å². The van der Waals surface area contributed by atoms with Crippen LogP contribution in [0.3, 0.4) is 0 Å². The number of amides is 1. The summed E-state index contributed by atoms with van der Waals surface area (Å²) in [5.74, 6) is 1.91. The Balaban J connectivity index is 1.32. The summed E-state index contributed by atoms with van der Waals surface area (Å²) in [5.41, 5.74) is 3.80. The van der Waals surface area contributed by atoms with Crippen molar-refractivity contribution in [3.63, 3.8) is 0 Å². The highest BCUT2D eigenvalue weighted by Gasteiger charge is 2.41. The van der Waals surface area contributed by atoms with Gasteiger partial charge in [0.25, 0.3) is 0 Å². The van der Waals surface area contributed by atoms with Crippen LogP contribution in [-0.2, 0) is 11.2 Å². The minimum Gasteiger partial charge on any atom is -0.468 e. The van der Waals surface area contributed by atoms with Crippen molar-refractivity contribution in [2.75, 3.05) is 6.61 Å². The van der Waals surface area contributed by atoms with Crippen molar-refractivity contribution in [2.24, 2.45) is 11.8 Å². The third-order valence-electron chi connectivity index (χ3n) is 7.08. The number of nitrogens with zero attached hydrogens (tertiary/aromatic N) is 1. The maximum absolute atomic E-state index is 13.5. The SMILES string of the molecule is CCOC(=O)N[C@@H]1CC[C@@H]2[C@H](Cc3ccoc3[C@H]2/C=C/c2ccc(-c3cccc(F)c3)cn2)C1. The summed E-state index contributed by atoms with van der Waals surface area (Å²) < 4.78 is 24.5. The Morgan fingerprint density at radius 1 is 1.24 bits per heavy atom. The molecule has 0 aliphatic heterocycles. The van der Waals surface area contributed by atoms with E-state index in [9.17, 15) is 9.18 Å². The zero-order valence-electron chi connectivity index (χ0n) is 19.2. The van der Waals surface area contributed by atoms with Gasteiger partial charge in [0.05, 0.1) is 18.6 Å². The van der Waals surface area contributed by atoms with Crippen LogP contribution in [-0.4, -0.2) is 23.7 Å². The van der Waals surface area contributed by atoms with Crippen molar-refractivity contribution < 1.29 is 18.3 Å². The van der Waals surface area contributed by atoms with Gasteiger partial charge in [0.2, 0.25) is 0 Å². The fourth-order valence-electron chi connectivity index (χ4n) is 5.53.